The molecule has 2 heterocycles. The number of anilines is 3. The van der Waals surface area contributed by atoms with Gasteiger partial charge >= 0.3 is 6.18 Å². The zero-order valence-electron chi connectivity index (χ0n) is 18.7. The molecule has 12 heteroatoms. The number of halogens is 3. The van der Waals surface area contributed by atoms with E-state index in [-0.39, 0.29) is 17.2 Å². The maximum absolute atomic E-state index is 13.0. The first-order valence-corrected chi connectivity index (χ1v) is 13.5. The number of carbonyl (C=O) groups is 1. The smallest absolute Gasteiger partial charge is 0.368 e. The van der Waals surface area contributed by atoms with Crippen LogP contribution in [-0.4, -0.2) is 56.6 Å². The molecule has 3 aromatic rings. The summed E-state index contributed by atoms with van der Waals surface area (Å²) >= 11 is 1.33. The first kappa shape index (κ1) is 25.0. The maximum Gasteiger partial charge on any atom is 0.416 e. The number of thiazole rings is 1. The third-order valence-electron chi connectivity index (χ3n) is 5.59. The van der Waals surface area contributed by atoms with E-state index in [4.69, 9.17) is 0 Å². The van der Waals surface area contributed by atoms with Crippen LogP contribution in [0, 0.1) is 0 Å². The number of amides is 1. The number of sulfone groups is 1. The lowest BCUT2D eigenvalue weighted by Gasteiger charge is -2.36. The number of aromatic nitrogens is 1. The molecule has 1 amide bonds. The molecule has 1 saturated heterocycles. The van der Waals surface area contributed by atoms with Gasteiger partial charge in [0, 0.05) is 49.2 Å². The van der Waals surface area contributed by atoms with E-state index in [0.29, 0.717) is 48.4 Å². The van der Waals surface area contributed by atoms with E-state index in [0.717, 1.165) is 18.4 Å². The Balaban J connectivity index is 1.30. The average Bonchev–Trinajstić information content (AvgIpc) is 3.25. The molecule has 0 saturated carbocycles. The van der Waals surface area contributed by atoms with E-state index in [9.17, 15) is 26.4 Å². The molecular weight excluding hydrogens is 501 g/mol. The van der Waals surface area contributed by atoms with Gasteiger partial charge in [-0.25, -0.2) is 13.4 Å². The van der Waals surface area contributed by atoms with Crippen molar-refractivity contribution < 1.29 is 26.4 Å². The van der Waals surface area contributed by atoms with Crippen molar-refractivity contribution in [2.45, 2.75) is 17.5 Å². The molecule has 2 aromatic carbocycles. The maximum atomic E-state index is 13.0. The van der Waals surface area contributed by atoms with Crippen molar-refractivity contribution in [1.82, 2.24) is 9.88 Å². The second-order valence-electron chi connectivity index (χ2n) is 8.16. The summed E-state index contributed by atoms with van der Waals surface area (Å²) in [5, 5.41) is 5.46. The third kappa shape index (κ3) is 6.31. The average molecular weight is 525 g/mol. The Kier molecular flexibility index (Phi) is 7.04. The van der Waals surface area contributed by atoms with Crippen LogP contribution in [0.5, 0.6) is 0 Å². The van der Waals surface area contributed by atoms with Crippen molar-refractivity contribution in [2.24, 2.45) is 0 Å². The van der Waals surface area contributed by atoms with Gasteiger partial charge in [-0.1, -0.05) is 6.07 Å². The number of nitrogens with zero attached hydrogens (tertiary/aromatic N) is 3. The Bertz CT molecular complexity index is 1300. The number of carbonyl (C=O) groups excluding carboxylic acids is 1. The molecule has 0 radical (unpaired) electrons. The van der Waals surface area contributed by atoms with Crippen LogP contribution in [0.1, 0.15) is 11.3 Å². The highest BCUT2D eigenvalue weighted by Crippen LogP contribution is 2.32. The van der Waals surface area contributed by atoms with E-state index in [1.807, 2.05) is 4.90 Å². The Labute approximate surface area is 205 Å². The molecule has 0 aliphatic carbocycles. The fraction of sp³-hybridized carbons (Fsp3) is 0.304. The number of piperazine rings is 1. The molecule has 0 bridgehead atoms. The lowest BCUT2D eigenvalue weighted by molar-refractivity contribution is -0.137. The van der Waals surface area contributed by atoms with Gasteiger partial charge < -0.3 is 15.1 Å². The second-order valence-corrected chi connectivity index (χ2v) is 11.0. The highest BCUT2D eigenvalue weighted by atomic mass is 32.2. The zero-order valence-corrected chi connectivity index (χ0v) is 20.4. The summed E-state index contributed by atoms with van der Waals surface area (Å²) in [6, 6.07) is 11.5. The standard InChI is InChI=1S/C23H23F3N4O3S2/c1-35(32,33)20-7-5-17(6-8-20)27-22-28-18(15-34-22)14-21(31)30-11-9-29(10-12-30)19-4-2-3-16(13-19)23(24,25)26/h2-8,13,15H,9-12,14H2,1H3,(H,27,28). The number of nitrogens with one attached hydrogen (secondary N) is 1. The number of hydrogen-bond donors (Lipinski definition) is 1. The fourth-order valence-electron chi connectivity index (χ4n) is 3.71. The monoisotopic (exact) mass is 524 g/mol. The first-order chi connectivity index (χ1) is 16.5. The number of hydrogen-bond acceptors (Lipinski definition) is 7. The summed E-state index contributed by atoms with van der Waals surface area (Å²) in [5.74, 6) is -0.0944. The summed E-state index contributed by atoms with van der Waals surface area (Å²) in [7, 11) is -3.27. The number of rotatable bonds is 6. The van der Waals surface area contributed by atoms with Crippen LogP contribution in [0.15, 0.2) is 58.8 Å². The fourth-order valence-corrected chi connectivity index (χ4v) is 5.08. The second kappa shape index (κ2) is 9.86. The summed E-state index contributed by atoms with van der Waals surface area (Å²) in [6.07, 6.45) is -3.13. The first-order valence-electron chi connectivity index (χ1n) is 10.7. The predicted molar refractivity (Wildman–Crippen MR) is 129 cm³/mol. The predicted octanol–water partition coefficient (Wildman–Crippen LogP) is 4.20. The molecule has 1 aromatic heterocycles. The lowest BCUT2D eigenvalue weighted by atomic mass is 10.1. The van der Waals surface area contributed by atoms with Gasteiger partial charge in [-0.15, -0.1) is 11.3 Å². The van der Waals surface area contributed by atoms with Crippen LogP contribution in [0.4, 0.5) is 29.7 Å². The number of alkyl halides is 3. The topological polar surface area (TPSA) is 82.6 Å². The molecule has 0 spiro atoms. The van der Waals surface area contributed by atoms with Crippen molar-refractivity contribution in [3.8, 4) is 0 Å². The molecule has 186 valence electrons. The van der Waals surface area contributed by atoms with Gasteiger partial charge in [0.1, 0.15) is 0 Å². The molecular formula is C23H23F3N4O3S2. The quantitative estimate of drug-likeness (QED) is 0.521. The van der Waals surface area contributed by atoms with Gasteiger partial charge in [-0.05, 0) is 42.5 Å². The summed E-state index contributed by atoms with van der Waals surface area (Å²) in [6.45, 7) is 1.72. The van der Waals surface area contributed by atoms with Gasteiger partial charge in [0.2, 0.25) is 5.91 Å². The molecule has 0 atom stereocenters. The minimum atomic E-state index is -4.39. The Morgan fingerprint density at radius 2 is 1.77 bits per heavy atom. The molecule has 7 nitrogen and oxygen atoms in total. The highest BCUT2D eigenvalue weighted by molar-refractivity contribution is 7.90. The van der Waals surface area contributed by atoms with Crippen molar-refractivity contribution in [3.05, 3.63) is 65.2 Å². The molecule has 1 N–H and O–H groups in total. The highest BCUT2D eigenvalue weighted by Gasteiger charge is 2.31. The van der Waals surface area contributed by atoms with Gasteiger partial charge in [0.15, 0.2) is 15.0 Å². The minimum absolute atomic E-state index is 0.0944. The van der Waals surface area contributed by atoms with Crippen LogP contribution >= 0.6 is 11.3 Å². The van der Waals surface area contributed by atoms with Gasteiger partial charge in [-0.3, -0.25) is 4.79 Å². The lowest BCUT2D eigenvalue weighted by Crippen LogP contribution is -2.49. The van der Waals surface area contributed by atoms with Gasteiger partial charge in [0.25, 0.3) is 0 Å². The van der Waals surface area contributed by atoms with E-state index in [1.54, 1.807) is 28.5 Å². The third-order valence-corrected chi connectivity index (χ3v) is 7.52. The molecule has 4 rings (SSSR count). The van der Waals surface area contributed by atoms with Crippen molar-refractivity contribution in [2.75, 3.05) is 42.7 Å². The largest absolute Gasteiger partial charge is 0.416 e. The van der Waals surface area contributed by atoms with Crippen molar-refractivity contribution in [1.29, 1.82) is 0 Å². The summed E-state index contributed by atoms with van der Waals surface area (Å²) in [5.41, 5.74) is 1.09. The molecule has 1 fully saturated rings. The van der Waals surface area contributed by atoms with Crippen LogP contribution in [0.25, 0.3) is 0 Å². The van der Waals surface area contributed by atoms with Crippen LogP contribution < -0.4 is 10.2 Å². The molecule has 35 heavy (non-hydrogen) atoms. The summed E-state index contributed by atoms with van der Waals surface area (Å²) < 4.78 is 62.1. The van der Waals surface area contributed by atoms with Gasteiger partial charge in [0.05, 0.1) is 22.6 Å². The van der Waals surface area contributed by atoms with E-state index < -0.39 is 21.6 Å². The van der Waals surface area contributed by atoms with E-state index in [1.165, 1.54) is 29.5 Å². The number of benzene rings is 2. The van der Waals surface area contributed by atoms with Crippen LogP contribution in [0.3, 0.4) is 0 Å². The SMILES string of the molecule is CS(=O)(=O)c1ccc(Nc2nc(CC(=O)N3CCN(c4cccc(C(F)(F)F)c4)CC3)cs2)cc1. The van der Waals surface area contributed by atoms with Crippen LogP contribution in [0.2, 0.25) is 0 Å². The van der Waals surface area contributed by atoms with Gasteiger partial charge in [-0.2, -0.15) is 13.2 Å². The van der Waals surface area contributed by atoms with Crippen LogP contribution in [-0.2, 0) is 27.2 Å². The minimum Gasteiger partial charge on any atom is -0.368 e. The Morgan fingerprint density at radius 1 is 1.09 bits per heavy atom. The van der Waals surface area contributed by atoms with Crippen molar-refractivity contribution >= 4 is 43.6 Å². The zero-order chi connectivity index (χ0) is 25.2. The van der Waals surface area contributed by atoms with Crippen molar-refractivity contribution in [3.63, 3.8) is 0 Å². The normalized spacial score (nSPS) is 14.7. The van der Waals surface area contributed by atoms with E-state index in [2.05, 4.69) is 10.3 Å². The molecule has 1 aliphatic heterocycles. The van der Waals surface area contributed by atoms with E-state index >= 15 is 0 Å². The summed E-state index contributed by atoms with van der Waals surface area (Å²) in [4.78, 5) is 20.9. The molecule has 0 unspecified atom stereocenters. The Morgan fingerprint density at radius 3 is 2.40 bits per heavy atom. The Hall–Kier alpha value is -3.12. The molecule has 1 aliphatic rings.